The summed E-state index contributed by atoms with van der Waals surface area (Å²) in [6, 6.07) is 10.1. The number of benzene rings is 1. The van der Waals surface area contributed by atoms with Gasteiger partial charge in [0.05, 0.1) is 18.3 Å². The number of nitrogens with zero attached hydrogens (tertiary/aromatic N) is 4. The Morgan fingerprint density at radius 2 is 2.12 bits per heavy atom. The van der Waals surface area contributed by atoms with Crippen molar-refractivity contribution in [3.63, 3.8) is 0 Å². The van der Waals surface area contributed by atoms with Crippen LogP contribution < -0.4 is 5.73 Å². The van der Waals surface area contributed by atoms with Crippen LogP contribution in [0.4, 0.5) is 0 Å². The van der Waals surface area contributed by atoms with Crippen LogP contribution in [0.5, 0.6) is 0 Å². The van der Waals surface area contributed by atoms with Gasteiger partial charge in [-0.3, -0.25) is 4.99 Å². The van der Waals surface area contributed by atoms with Crippen molar-refractivity contribution in [2.75, 3.05) is 31.1 Å². The third-order valence-corrected chi connectivity index (χ3v) is 6.98. The first-order valence-corrected chi connectivity index (χ1v) is 14.5. The molecule has 0 spiro atoms. The summed E-state index contributed by atoms with van der Waals surface area (Å²) in [5.74, 6) is 1.08. The van der Waals surface area contributed by atoms with Crippen molar-refractivity contribution in [3.8, 4) is 0 Å². The smallest absolute Gasteiger partial charge is 0.145 e. The van der Waals surface area contributed by atoms with Gasteiger partial charge in [0.25, 0.3) is 0 Å². The van der Waals surface area contributed by atoms with Crippen molar-refractivity contribution in [1.29, 1.82) is 0 Å². The number of hydrogen-bond donors (Lipinski definition) is 1. The van der Waals surface area contributed by atoms with E-state index in [9.17, 15) is 0 Å². The lowest BCUT2D eigenvalue weighted by atomic mass is 10.0. The number of allylic oxidation sites excluding steroid dienone is 1. The Hall–Kier alpha value is -2.42. The molecule has 6 nitrogen and oxygen atoms in total. The predicted octanol–water partition coefficient (Wildman–Crippen LogP) is 5.55. The highest BCUT2D eigenvalue weighted by Crippen LogP contribution is 2.33. The van der Waals surface area contributed by atoms with Crippen LogP contribution in [0.2, 0.25) is 0 Å². The van der Waals surface area contributed by atoms with E-state index in [2.05, 4.69) is 63.4 Å². The van der Waals surface area contributed by atoms with Gasteiger partial charge in [-0.05, 0) is 49.0 Å². The third kappa shape index (κ3) is 7.03. The molecule has 0 aliphatic heterocycles. The van der Waals surface area contributed by atoms with Crippen molar-refractivity contribution in [2.45, 2.75) is 19.2 Å². The third-order valence-electron chi connectivity index (χ3n) is 5.10. The predicted molar refractivity (Wildman–Crippen MR) is 146 cm³/mol. The minimum absolute atomic E-state index is 0.0600. The Morgan fingerprint density at radius 1 is 1.30 bits per heavy atom. The second-order valence-electron chi connectivity index (χ2n) is 8.57. The molecule has 0 aliphatic carbocycles. The molecule has 2 N–H and O–H groups in total. The van der Waals surface area contributed by atoms with Crippen molar-refractivity contribution < 1.29 is 4.74 Å². The molecule has 2 heterocycles. The fraction of sp³-hybridized carbons (Fsp3) is 0.320. The first-order chi connectivity index (χ1) is 15.8. The largest absolute Gasteiger partial charge is 0.404 e. The molecular formula is C25H32BrN5OS. The number of aromatic nitrogens is 3. The number of halogens is 1. The molecule has 0 radical (unpaired) electrons. The minimum atomic E-state index is -0.574. The van der Waals surface area contributed by atoms with E-state index in [4.69, 9.17) is 15.5 Å². The standard InChI is InChI=1S/C25H32BrN5OS/c1-5-7-23(19-8-6-9-21(26)14-19)28-16-20(15-27)24-22-10-11-31(25(22)30-17-29-24)18-32-12-13-33(2,3)4/h5-6,8-11,14-17,23H,1,7,12-13,18,27H2,2-4H3. The summed E-state index contributed by atoms with van der Waals surface area (Å²) in [5.41, 5.74) is 9.39. The zero-order valence-electron chi connectivity index (χ0n) is 19.4. The van der Waals surface area contributed by atoms with Crippen molar-refractivity contribution in [1.82, 2.24) is 14.5 Å². The van der Waals surface area contributed by atoms with Gasteiger partial charge in [-0.15, -0.1) is 6.58 Å². The molecule has 1 unspecified atom stereocenters. The summed E-state index contributed by atoms with van der Waals surface area (Å²) in [4.78, 5) is 13.8. The van der Waals surface area contributed by atoms with Gasteiger partial charge in [-0.2, -0.15) is 0 Å². The fourth-order valence-corrected chi connectivity index (χ4v) is 4.35. The average molecular weight is 531 g/mol. The molecule has 0 saturated heterocycles. The summed E-state index contributed by atoms with van der Waals surface area (Å²) < 4.78 is 8.91. The normalized spacial score (nSPS) is 14.1. The Balaban J connectivity index is 1.82. The maximum atomic E-state index is 5.99. The zero-order chi connectivity index (χ0) is 23.8. The number of nitrogens with two attached hydrogens (primary N) is 1. The quantitative estimate of drug-likeness (QED) is 0.200. The average Bonchev–Trinajstić information content (AvgIpc) is 3.19. The highest BCUT2D eigenvalue weighted by molar-refractivity contribution is 9.10. The van der Waals surface area contributed by atoms with Crippen LogP contribution in [0, 0.1) is 0 Å². The van der Waals surface area contributed by atoms with Crippen LogP contribution in [0.1, 0.15) is 23.7 Å². The lowest BCUT2D eigenvalue weighted by molar-refractivity contribution is 0.0923. The molecule has 8 heteroatoms. The van der Waals surface area contributed by atoms with Crippen LogP contribution in [0.25, 0.3) is 16.6 Å². The second kappa shape index (κ2) is 11.6. The van der Waals surface area contributed by atoms with Crippen LogP contribution in [-0.2, 0) is 11.5 Å². The fourth-order valence-electron chi connectivity index (χ4n) is 3.32. The Labute approximate surface area is 206 Å². The van der Waals surface area contributed by atoms with Gasteiger partial charge in [0.15, 0.2) is 0 Å². The summed E-state index contributed by atoms with van der Waals surface area (Å²) in [6.07, 6.45) is 16.3. The van der Waals surface area contributed by atoms with Gasteiger partial charge in [0.2, 0.25) is 0 Å². The number of fused-ring (bicyclic) bond motifs is 1. The topological polar surface area (TPSA) is 78.3 Å². The van der Waals surface area contributed by atoms with E-state index in [1.165, 1.54) is 6.20 Å². The number of aliphatic imine (C=N–C) groups is 1. The molecular weight excluding hydrogens is 498 g/mol. The van der Waals surface area contributed by atoms with E-state index in [0.717, 1.165) is 44.7 Å². The van der Waals surface area contributed by atoms with Gasteiger partial charge in [0.1, 0.15) is 18.7 Å². The number of rotatable bonds is 11. The maximum absolute atomic E-state index is 5.99. The summed E-state index contributed by atoms with van der Waals surface area (Å²) >= 11 is 3.54. The van der Waals surface area contributed by atoms with E-state index in [1.807, 2.05) is 35.0 Å². The second-order valence-corrected chi connectivity index (χ2v) is 14.1. The Bertz CT molecular complexity index is 1150. The molecule has 3 aromatic rings. The van der Waals surface area contributed by atoms with Gasteiger partial charge in [-0.25, -0.2) is 20.0 Å². The van der Waals surface area contributed by atoms with Crippen LogP contribution >= 0.6 is 26.0 Å². The number of ether oxygens (including phenoxy) is 1. The molecule has 1 atom stereocenters. The Kier molecular flexibility index (Phi) is 8.88. The van der Waals surface area contributed by atoms with E-state index in [-0.39, 0.29) is 6.04 Å². The number of hydrogen-bond acceptors (Lipinski definition) is 5. The summed E-state index contributed by atoms with van der Waals surface area (Å²) in [7, 11) is -0.574. The molecule has 0 amide bonds. The molecule has 0 aliphatic rings. The van der Waals surface area contributed by atoms with Gasteiger partial charge in [-0.1, -0.05) is 34.1 Å². The van der Waals surface area contributed by atoms with Crippen LogP contribution in [0.15, 0.2) is 71.2 Å². The zero-order valence-corrected chi connectivity index (χ0v) is 21.8. The van der Waals surface area contributed by atoms with Crippen LogP contribution in [-0.4, -0.2) is 51.9 Å². The molecule has 176 valence electrons. The van der Waals surface area contributed by atoms with E-state index in [0.29, 0.717) is 13.2 Å². The highest BCUT2D eigenvalue weighted by Gasteiger charge is 2.13. The summed E-state index contributed by atoms with van der Waals surface area (Å²) in [5, 5.41) is 0.911. The monoisotopic (exact) mass is 529 g/mol. The van der Waals surface area contributed by atoms with Gasteiger partial charge < -0.3 is 15.0 Å². The highest BCUT2D eigenvalue weighted by atomic mass is 79.9. The SMILES string of the molecule is C=CCC(N=CC(=CN)c1ncnc2c1ccn2COCCS(C)(C)C)c1cccc(Br)c1. The Morgan fingerprint density at radius 3 is 2.82 bits per heavy atom. The first-order valence-electron chi connectivity index (χ1n) is 10.7. The first kappa shape index (κ1) is 25.2. The molecule has 3 rings (SSSR count). The van der Waals surface area contributed by atoms with E-state index in [1.54, 1.807) is 12.5 Å². The molecule has 1 aromatic carbocycles. The van der Waals surface area contributed by atoms with Crippen LogP contribution in [0.3, 0.4) is 0 Å². The summed E-state index contributed by atoms with van der Waals surface area (Å²) in [6.45, 7) is 5.07. The molecule has 0 bridgehead atoms. The van der Waals surface area contributed by atoms with E-state index >= 15 is 0 Å². The van der Waals surface area contributed by atoms with Gasteiger partial charge >= 0.3 is 0 Å². The van der Waals surface area contributed by atoms with Crippen molar-refractivity contribution in [3.05, 3.63) is 77.4 Å². The van der Waals surface area contributed by atoms with Crippen molar-refractivity contribution >= 4 is 48.8 Å². The van der Waals surface area contributed by atoms with Gasteiger partial charge in [0, 0.05) is 39.8 Å². The van der Waals surface area contributed by atoms with E-state index < -0.39 is 10.0 Å². The lowest BCUT2D eigenvalue weighted by Crippen LogP contribution is -2.10. The minimum Gasteiger partial charge on any atom is -0.404 e. The van der Waals surface area contributed by atoms with Crippen molar-refractivity contribution in [2.24, 2.45) is 10.7 Å². The maximum Gasteiger partial charge on any atom is 0.145 e. The molecule has 33 heavy (non-hydrogen) atoms. The lowest BCUT2D eigenvalue weighted by Gasteiger charge is -2.24. The molecule has 2 aromatic heterocycles. The molecule has 0 fully saturated rings. The molecule has 0 saturated carbocycles.